The highest BCUT2D eigenvalue weighted by Crippen LogP contribution is 2.25. The van der Waals surface area contributed by atoms with Crippen molar-refractivity contribution in [3.63, 3.8) is 0 Å². The second kappa shape index (κ2) is 7.97. The van der Waals surface area contributed by atoms with Crippen LogP contribution in [-0.2, 0) is 18.9 Å². The third-order valence-corrected chi connectivity index (χ3v) is 2.65. The van der Waals surface area contributed by atoms with E-state index in [-0.39, 0.29) is 18.2 Å². The maximum atomic E-state index is 5.85. The summed E-state index contributed by atoms with van der Waals surface area (Å²) in [6, 6.07) is 0.0916. The second-order valence-corrected chi connectivity index (χ2v) is 3.83. The van der Waals surface area contributed by atoms with Crippen LogP contribution in [0.25, 0.3) is 0 Å². The molecule has 0 aromatic carbocycles. The Labute approximate surface area is 97.2 Å². The van der Waals surface area contributed by atoms with Crippen LogP contribution in [0.5, 0.6) is 0 Å². The summed E-state index contributed by atoms with van der Waals surface area (Å²) in [5, 5.41) is 0. The van der Waals surface area contributed by atoms with Crippen molar-refractivity contribution in [3.05, 3.63) is 0 Å². The van der Waals surface area contributed by atoms with Gasteiger partial charge in [0.05, 0.1) is 38.6 Å². The quantitative estimate of drug-likeness (QED) is 0.575. The highest BCUT2D eigenvalue weighted by molar-refractivity contribution is 4.95. The van der Waals surface area contributed by atoms with Crippen molar-refractivity contribution in [2.75, 3.05) is 40.1 Å². The number of ether oxygens (including phenoxy) is 4. The normalized spacial score (nSPS) is 29.1. The van der Waals surface area contributed by atoms with Gasteiger partial charge in [0.15, 0.2) is 0 Å². The average Bonchev–Trinajstić information content (AvgIpc) is 2.28. The first-order chi connectivity index (χ1) is 7.79. The van der Waals surface area contributed by atoms with Gasteiger partial charge in [0.2, 0.25) is 0 Å². The van der Waals surface area contributed by atoms with Gasteiger partial charge in [0.1, 0.15) is 0 Å². The SMILES string of the molecule is CCOCCOC1CC(N)C1OCCOC. The number of methoxy groups -OCH3 is 1. The van der Waals surface area contributed by atoms with Crippen LogP contribution in [0.2, 0.25) is 0 Å². The molecule has 5 heteroatoms. The lowest BCUT2D eigenvalue weighted by atomic mass is 9.86. The van der Waals surface area contributed by atoms with E-state index in [1.165, 1.54) is 0 Å². The van der Waals surface area contributed by atoms with Gasteiger partial charge in [-0.2, -0.15) is 0 Å². The van der Waals surface area contributed by atoms with E-state index in [4.69, 9.17) is 24.7 Å². The predicted molar refractivity (Wildman–Crippen MR) is 60.4 cm³/mol. The lowest BCUT2D eigenvalue weighted by molar-refractivity contribution is -0.150. The summed E-state index contributed by atoms with van der Waals surface area (Å²) < 4.78 is 21.3. The predicted octanol–water partition coefficient (Wildman–Crippen LogP) is 0.171. The molecule has 5 nitrogen and oxygen atoms in total. The van der Waals surface area contributed by atoms with Crippen LogP contribution >= 0.6 is 0 Å². The van der Waals surface area contributed by atoms with Crippen molar-refractivity contribution in [1.29, 1.82) is 0 Å². The fourth-order valence-corrected chi connectivity index (χ4v) is 1.68. The Kier molecular flexibility index (Phi) is 6.91. The molecule has 2 N–H and O–H groups in total. The molecule has 16 heavy (non-hydrogen) atoms. The van der Waals surface area contributed by atoms with E-state index >= 15 is 0 Å². The van der Waals surface area contributed by atoms with E-state index in [0.717, 1.165) is 13.0 Å². The van der Waals surface area contributed by atoms with Gasteiger partial charge in [-0.3, -0.25) is 0 Å². The number of rotatable bonds is 9. The molecule has 1 saturated carbocycles. The average molecular weight is 233 g/mol. The molecule has 0 heterocycles. The maximum Gasteiger partial charge on any atom is 0.0989 e. The minimum Gasteiger partial charge on any atom is -0.382 e. The number of hydrogen-bond donors (Lipinski definition) is 1. The zero-order valence-electron chi connectivity index (χ0n) is 10.2. The van der Waals surface area contributed by atoms with Crippen LogP contribution in [-0.4, -0.2) is 58.4 Å². The molecule has 0 radical (unpaired) electrons. The summed E-state index contributed by atoms with van der Waals surface area (Å²) in [5.41, 5.74) is 5.85. The summed E-state index contributed by atoms with van der Waals surface area (Å²) in [6.07, 6.45) is 0.994. The van der Waals surface area contributed by atoms with E-state index in [9.17, 15) is 0 Å². The molecule has 0 aromatic rings. The van der Waals surface area contributed by atoms with E-state index in [1.54, 1.807) is 7.11 Å². The van der Waals surface area contributed by atoms with Gasteiger partial charge in [-0.25, -0.2) is 0 Å². The first-order valence-electron chi connectivity index (χ1n) is 5.85. The van der Waals surface area contributed by atoms with Crippen molar-refractivity contribution in [3.8, 4) is 0 Å². The lowest BCUT2D eigenvalue weighted by Gasteiger charge is -2.41. The van der Waals surface area contributed by atoms with Crippen molar-refractivity contribution >= 4 is 0 Å². The molecule has 3 unspecified atom stereocenters. The molecule has 3 atom stereocenters. The molecular weight excluding hydrogens is 210 g/mol. The van der Waals surface area contributed by atoms with Crippen LogP contribution in [0, 0.1) is 0 Å². The Morgan fingerprint density at radius 1 is 1.12 bits per heavy atom. The Hall–Kier alpha value is -0.200. The Balaban J connectivity index is 2.07. The summed E-state index contributed by atoms with van der Waals surface area (Å²) >= 11 is 0. The van der Waals surface area contributed by atoms with Gasteiger partial charge >= 0.3 is 0 Å². The van der Waals surface area contributed by atoms with E-state index in [1.807, 2.05) is 6.92 Å². The summed E-state index contributed by atoms with van der Waals surface area (Å²) in [7, 11) is 1.65. The topological polar surface area (TPSA) is 62.9 Å². The molecule has 0 amide bonds. The van der Waals surface area contributed by atoms with Crippen molar-refractivity contribution in [1.82, 2.24) is 0 Å². The molecule has 1 rings (SSSR count). The van der Waals surface area contributed by atoms with Crippen molar-refractivity contribution in [2.45, 2.75) is 31.6 Å². The molecule has 96 valence electrons. The lowest BCUT2D eigenvalue weighted by Crippen LogP contribution is -2.58. The molecule has 1 aliphatic carbocycles. The highest BCUT2D eigenvalue weighted by Gasteiger charge is 2.40. The smallest absolute Gasteiger partial charge is 0.0989 e. The third kappa shape index (κ3) is 4.35. The monoisotopic (exact) mass is 233 g/mol. The van der Waals surface area contributed by atoms with Crippen LogP contribution in [0.3, 0.4) is 0 Å². The summed E-state index contributed by atoms with van der Waals surface area (Å²) in [6.45, 7) is 5.09. The van der Waals surface area contributed by atoms with Crippen LogP contribution in [0.15, 0.2) is 0 Å². The molecular formula is C11H23NO4. The van der Waals surface area contributed by atoms with Gasteiger partial charge in [0, 0.05) is 19.8 Å². The molecule has 0 saturated heterocycles. The van der Waals surface area contributed by atoms with E-state index in [0.29, 0.717) is 26.4 Å². The Morgan fingerprint density at radius 3 is 2.50 bits per heavy atom. The van der Waals surface area contributed by atoms with Gasteiger partial charge in [-0.15, -0.1) is 0 Å². The third-order valence-electron chi connectivity index (χ3n) is 2.65. The van der Waals surface area contributed by atoms with Crippen LogP contribution in [0.1, 0.15) is 13.3 Å². The van der Waals surface area contributed by atoms with Gasteiger partial charge < -0.3 is 24.7 Å². The zero-order chi connectivity index (χ0) is 11.8. The molecule has 0 bridgehead atoms. The zero-order valence-corrected chi connectivity index (χ0v) is 10.2. The minimum atomic E-state index is 0.0109. The fraction of sp³-hybridized carbons (Fsp3) is 1.00. The van der Waals surface area contributed by atoms with Crippen molar-refractivity contribution < 1.29 is 18.9 Å². The minimum absolute atomic E-state index is 0.0109. The Bertz CT molecular complexity index is 179. The van der Waals surface area contributed by atoms with E-state index < -0.39 is 0 Å². The molecule has 0 aliphatic heterocycles. The van der Waals surface area contributed by atoms with Crippen molar-refractivity contribution in [2.24, 2.45) is 5.73 Å². The molecule has 1 aliphatic rings. The van der Waals surface area contributed by atoms with Gasteiger partial charge in [0.25, 0.3) is 0 Å². The summed E-state index contributed by atoms with van der Waals surface area (Å²) in [5.74, 6) is 0. The molecule has 0 spiro atoms. The first kappa shape index (κ1) is 13.9. The van der Waals surface area contributed by atoms with Crippen LogP contribution in [0.4, 0.5) is 0 Å². The van der Waals surface area contributed by atoms with E-state index in [2.05, 4.69) is 0 Å². The first-order valence-corrected chi connectivity index (χ1v) is 5.85. The number of hydrogen-bond acceptors (Lipinski definition) is 5. The second-order valence-electron chi connectivity index (χ2n) is 3.83. The maximum absolute atomic E-state index is 5.85. The standard InChI is InChI=1S/C11H23NO4/c1-3-14-5-7-15-10-8-9(12)11(10)16-6-4-13-2/h9-11H,3-8,12H2,1-2H3. The largest absolute Gasteiger partial charge is 0.382 e. The Morgan fingerprint density at radius 2 is 1.88 bits per heavy atom. The van der Waals surface area contributed by atoms with Gasteiger partial charge in [-0.05, 0) is 13.3 Å². The molecule has 0 aromatic heterocycles. The number of nitrogens with two attached hydrogens (primary N) is 1. The van der Waals surface area contributed by atoms with Gasteiger partial charge in [-0.1, -0.05) is 0 Å². The fourth-order valence-electron chi connectivity index (χ4n) is 1.68. The van der Waals surface area contributed by atoms with Crippen LogP contribution < -0.4 is 5.73 Å². The molecule has 1 fully saturated rings. The highest BCUT2D eigenvalue weighted by atomic mass is 16.6. The summed E-state index contributed by atoms with van der Waals surface area (Å²) in [4.78, 5) is 0.